The third kappa shape index (κ3) is 3.65. The van der Waals surface area contributed by atoms with Crippen LogP contribution in [0.5, 0.6) is 51.7 Å². The number of rotatable bonds is 2. The Morgan fingerprint density at radius 3 is 1.67 bits per heavy atom. The summed E-state index contributed by atoms with van der Waals surface area (Å²) in [5, 5.41) is 90.3. The number of aromatic hydroxyl groups is 8. The number of phenols is 8. The van der Waals surface area contributed by atoms with Crippen molar-refractivity contribution in [3.8, 4) is 85.1 Å². The SMILES string of the molecule is Oc1c(O)c(O)c2c(-c3cccc4c3oc3ccccc34)c3c(O)c(O)c(O)c(O)c3c(-c3ccc4c(c3)OCc3ccccc3-4)c2c1O. The predicted molar refractivity (Wildman–Crippen MR) is 183 cm³/mol. The maximum Gasteiger partial charge on any atom is 0.204 e. The summed E-state index contributed by atoms with van der Waals surface area (Å²) in [6, 6.07) is 25.1. The molecule has 0 aliphatic carbocycles. The number of ether oxygens (including phenoxy) is 1. The number of fused-ring (bicyclic) bond motifs is 8. The summed E-state index contributed by atoms with van der Waals surface area (Å²) < 4.78 is 12.3. The predicted octanol–water partition coefficient (Wildman–Crippen LogP) is 8.43. The van der Waals surface area contributed by atoms with Crippen molar-refractivity contribution in [2.45, 2.75) is 6.61 Å². The van der Waals surface area contributed by atoms with Crippen LogP contribution in [-0.2, 0) is 6.61 Å². The zero-order valence-electron chi connectivity index (χ0n) is 25.2. The molecule has 8 N–H and O–H groups in total. The van der Waals surface area contributed by atoms with Gasteiger partial charge in [-0.15, -0.1) is 0 Å². The van der Waals surface area contributed by atoms with Gasteiger partial charge in [0.25, 0.3) is 0 Å². The Morgan fingerprint density at radius 1 is 0.449 bits per heavy atom. The van der Waals surface area contributed by atoms with E-state index in [9.17, 15) is 40.9 Å². The summed E-state index contributed by atoms with van der Waals surface area (Å²) in [6.45, 7) is 0.260. The molecule has 7 aromatic carbocycles. The Bertz CT molecular complexity index is 2680. The molecule has 0 fully saturated rings. The molecule has 0 bridgehead atoms. The van der Waals surface area contributed by atoms with E-state index in [0.717, 1.165) is 22.1 Å². The zero-order valence-corrected chi connectivity index (χ0v) is 25.2. The van der Waals surface area contributed by atoms with E-state index >= 15 is 0 Å². The highest BCUT2D eigenvalue weighted by Crippen LogP contribution is 2.62. The van der Waals surface area contributed by atoms with Crippen LogP contribution in [-0.4, -0.2) is 40.9 Å². The van der Waals surface area contributed by atoms with Gasteiger partial charge in [0.05, 0.1) is 0 Å². The van der Waals surface area contributed by atoms with Crippen molar-refractivity contribution in [3.05, 3.63) is 90.5 Å². The van der Waals surface area contributed by atoms with E-state index in [1.807, 2.05) is 36.4 Å². The lowest BCUT2D eigenvalue weighted by molar-refractivity contribution is 0.302. The first-order valence-electron chi connectivity index (χ1n) is 15.2. The second kappa shape index (κ2) is 9.79. The lowest BCUT2D eigenvalue weighted by Crippen LogP contribution is -2.05. The number of para-hydroxylation sites is 2. The molecular formula is C39H24O10. The number of hydrogen-bond acceptors (Lipinski definition) is 10. The molecule has 0 atom stereocenters. The van der Waals surface area contributed by atoms with Gasteiger partial charge in [-0.25, -0.2) is 0 Å². The highest BCUT2D eigenvalue weighted by atomic mass is 16.5. The third-order valence-corrected chi connectivity index (χ3v) is 9.43. The molecule has 9 rings (SSSR count). The number of benzene rings is 7. The van der Waals surface area contributed by atoms with Gasteiger partial charge in [0, 0.05) is 54.6 Å². The van der Waals surface area contributed by atoms with Gasteiger partial charge in [0.2, 0.25) is 23.0 Å². The van der Waals surface area contributed by atoms with Crippen LogP contribution in [0.2, 0.25) is 0 Å². The van der Waals surface area contributed by atoms with Gasteiger partial charge in [0.1, 0.15) is 23.5 Å². The zero-order chi connectivity index (χ0) is 33.9. The lowest BCUT2D eigenvalue weighted by atomic mass is 9.83. The van der Waals surface area contributed by atoms with Gasteiger partial charge in [-0.05, 0) is 28.8 Å². The van der Waals surface area contributed by atoms with Gasteiger partial charge in [-0.3, -0.25) is 0 Å². The van der Waals surface area contributed by atoms with Gasteiger partial charge in [-0.2, -0.15) is 0 Å². The topological polar surface area (TPSA) is 184 Å². The Labute approximate surface area is 275 Å². The quantitative estimate of drug-likeness (QED) is 0.0512. The van der Waals surface area contributed by atoms with Crippen molar-refractivity contribution in [1.82, 2.24) is 0 Å². The Hall–Kier alpha value is -6.94. The van der Waals surface area contributed by atoms with Gasteiger partial charge < -0.3 is 50.0 Å². The van der Waals surface area contributed by atoms with E-state index in [2.05, 4.69) is 0 Å². The largest absolute Gasteiger partial charge is 0.504 e. The van der Waals surface area contributed by atoms with Crippen molar-refractivity contribution in [2.24, 2.45) is 0 Å². The molecule has 10 heteroatoms. The molecule has 1 aromatic heterocycles. The molecule has 2 heterocycles. The van der Waals surface area contributed by atoms with Crippen molar-refractivity contribution in [1.29, 1.82) is 0 Å². The van der Waals surface area contributed by atoms with Crippen molar-refractivity contribution in [2.75, 3.05) is 0 Å². The smallest absolute Gasteiger partial charge is 0.204 e. The van der Waals surface area contributed by atoms with E-state index in [1.54, 1.807) is 48.5 Å². The minimum atomic E-state index is -1.05. The first-order chi connectivity index (χ1) is 23.7. The lowest BCUT2D eigenvalue weighted by Gasteiger charge is -2.24. The molecular weight excluding hydrogens is 628 g/mol. The van der Waals surface area contributed by atoms with E-state index in [0.29, 0.717) is 16.7 Å². The summed E-state index contributed by atoms with van der Waals surface area (Å²) in [5.74, 6) is -7.23. The minimum Gasteiger partial charge on any atom is -0.504 e. The molecule has 0 amide bonds. The fraction of sp³-hybridized carbons (Fsp3) is 0.0256. The summed E-state index contributed by atoms with van der Waals surface area (Å²) >= 11 is 0. The summed E-state index contributed by atoms with van der Waals surface area (Å²) in [4.78, 5) is 0. The number of phenolic OH excluding ortho intramolecular Hbond substituents is 8. The van der Waals surface area contributed by atoms with Crippen LogP contribution in [0, 0.1) is 0 Å². The molecule has 10 nitrogen and oxygen atoms in total. The van der Waals surface area contributed by atoms with Crippen LogP contribution < -0.4 is 4.74 Å². The monoisotopic (exact) mass is 652 g/mol. The molecule has 0 saturated carbocycles. The van der Waals surface area contributed by atoms with Crippen LogP contribution in [0.25, 0.3) is 76.9 Å². The van der Waals surface area contributed by atoms with Gasteiger partial charge >= 0.3 is 0 Å². The Morgan fingerprint density at radius 2 is 1.00 bits per heavy atom. The average Bonchev–Trinajstić information content (AvgIpc) is 3.52. The van der Waals surface area contributed by atoms with Crippen molar-refractivity contribution < 1.29 is 50.0 Å². The summed E-state index contributed by atoms with van der Waals surface area (Å²) in [6.07, 6.45) is 0. The van der Waals surface area contributed by atoms with Gasteiger partial charge in [0.15, 0.2) is 23.0 Å². The average molecular weight is 653 g/mol. The maximum absolute atomic E-state index is 11.6. The molecule has 0 radical (unpaired) electrons. The molecule has 0 unspecified atom stereocenters. The van der Waals surface area contributed by atoms with E-state index in [1.165, 1.54) is 0 Å². The third-order valence-electron chi connectivity index (χ3n) is 9.43. The summed E-state index contributed by atoms with van der Waals surface area (Å²) in [7, 11) is 0. The molecule has 240 valence electrons. The van der Waals surface area contributed by atoms with E-state index < -0.39 is 46.0 Å². The van der Waals surface area contributed by atoms with Crippen LogP contribution in [0.4, 0.5) is 0 Å². The first-order valence-corrected chi connectivity index (χ1v) is 15.2. The standard InChI is InChI=1S/C39H24O10/c40-31-27-25(16-12-13-20-18-7-2-1-6-17(18)15-48-24(20)14-16)28-30(34(43)38(47)36(45)32(28)41)26(29(27)33(42)37(46)35(31)44)22-10-5-9-21-19-8-3-4-11-23(19)49-39(21)22/h1-14,40-47H,15H2. The molecule has 49 heavy (non-hydrogen) atoms. The van der Waals surface area contributed by atoms with Crippen LogP contribution in [0.1, 0.15) is 5.56 Å². The van der Waals surface area contributed by atoms with Crippen molar-refractivity contribution in [3.63, 3.8) is 0 Å². The fourth-order valence-electron chi connectivity index (χ4n) is 7.21. The Balaban J connectivity index is 1.52. The number of furan rings is 1. The fourth-order valence-corrected chi connectivity index (χ4v) is 7.21. The second-order valence-corrected chi connectivity index (χ2v) is 12.0. The van der Waals surface area contributed by atoms with E-state index in [-0.39, 0.29) is 56.0 Å². The van der Waals surface area contributed by atoms with Crippen LogP contribution >= 0.6 is 0 Å². The van der Waals surface area contributed by atoms with Crippen molar-refractivity contribution >= 4 is 43.5 Å². The van der Waals surface area contributed by atoms with Crippen LogP contribution in [0.15, 0.2) is 89.3 Å². The molecule has 0 saturated heterocycles. The molecule has 1 aliphatic heterocycles. The molecule has 8 aromatic rings. The van der Waals surface area contributed by atoms with Gasteiger partial charge in [-0.1, -0.05) is 72.8 Å². The van der Waals surface area contributed by atoms with E-state index in [4.69, 9.17) is 9.15 Å². The summed E-state index contributed by atoms with van der Waals surface area (Å²) in [5.41, 5.74) is 3.78. The number of hydrogen-bond donors (Lipinski definition) is 8. The Kier molecular flexibility index (Phi) is 5.65. The second-order valence-electron chi connectivity index (χ2n) is 12.0. The normalized spacial score (nSPS) is 12.4. The highest BCUT2D eigenvalue weighted by molar-refractivity contribution is 6.30. The molecule has 1 aliphatic rings. The first kappa shape index (κ1) is 28.3. The molecule has 0 spiro atoms. The maximum atomic E-state index is 11.6. The minimum absolute atomic E-state index is 0.0676. The highest BCUT2D eigenvalue weighted by Gasteiger charge is 2.33. The van der Waals surface area contributed by atoms with Crippen LogP contribution in [0.3, 0.4) is 0 Å².